The van der Waals surface area contributed by atoms with Gasteiger partial charge >= 0.3 is 4.87 Å². The molecule has 0 bridgehead atoms. The molecule has 1 fully saturated rings. The lowest BCUT2D eigenvalue weighted by Crippen LogP contribution is -2.32. The number of thiazole rings is 1. The number of aromatic nitrogens is 1. The van der Waals surface area contributed by atoms with Gasteiger partial charge in [-0.15, -0.1) is 0 Å². The molecule has 122 valence electrons. The first kappa shape index (κ1) is 15.9. The minimum absolute atomic E-state index is 0.0536. The number of likely N-dealkylation sites (tertiary alicyclic amines) is 1. The Morgan fingerprint density at radius 1 is 1.30 bits per heavy atom. The normalized spacial score (nSPS) is 16.6. The molecule has 1 aromatic carbocycles. The van der Waals surface area contributed by atoms with Crippen LogP contribution in [0.15, 0.2) is 29.1 Å². The Bertz CT molecular complexity index is 743. The lowest BCUT2D eigenvalue weighted by Gasteiger charge is -2.29. The summed E-state index contributed by atoms with van der Waals surface area (Å²) < 4.78 is 0. The van der Waals surface area contributed by atoms with Crippen LogP contribution in [0.1, 0.15) is 24.6 Å². The smallest absolute Gasteiger partial charge is 0.305 e. The van der Waals surface area contributed by atoms with E-state index in [-0.39, 0.29) is 10.6 Å². The molecule has 0 radical (unpaired) electrons. The van der Waals surface area contributed by atoms with E-state index in [4.69, 9.17) is 0 Å². The number of aromatic amines is 1. The number of non-ortho nitro benzene ring substituents is 1. The average Bonchev–Trinajstić information content (AvgIpc) is 2.90. The minimum atomic E-state index is -0.421. The molecule has 0 saturated carbocycles. The SMILES string of the molecule is CC1CCN(Cc2sc(=O)[nH]c2-c2ccc([N+](=O)[O-])cc2)CC1. The number of H-pyrrole nitrogens is 1. The minimum Gasteiger partial charge on any atom is -0.312 e. The van der Waals surface area contributed by atoms with Crippen LogP contribution < -0.4 is 4.87 Å². The molecule has 0 unspecified atom stereocenters. The van der Waals surface area contributed by atoms with Crippen LogP contribution in [0.3, 0.4) is 0 Å². The highest BCUT2D eigenvalue weighted by Crippen LogP contribution is 2.27. The summed E-state index contributed by atoms with van der Waals surface area (Å²) in [5.74, 6) is 0.769. The summed E-state index contributed by atoms with van der Waals surface area (Å²) >= 11 is 1.23. The van der Waals surface area contributed by atoms with Gasteiger partial charge in [0.1, 0.15) is 0 Å². The molecule has 1 aliphatic heterocycles. The van der Waals surface area contributed by atoms with Gasteiger partial charge in [-0.1, -0.05) is 18.3 Å². The van der Waals surface area contributed by atoms with Crippen molar-refractivity contribution in [2.75, 3.05) is 13.1 Å². The predicted octanol–water partition coefficient (Wildman–Crippen LogP) is 3.24. The van der Waals surface area contributed by atoms with E-state index in [9.17, 15) is 14.9 Å². The van der Waals surface area contributed by atoms with Crippen LogP contribution in [0.25, 0.3) is 11.3 Å². The fraction of sp³-hybridized carbons (Fsp3) is 0.438. The molecule has 3 rings (SSSR count). The van der Waals surface area contributed by atoms with Gasteiger partial charge in [0.25, 0.3) is 5.69 Å². The van der Waals surface area contributed by atoms with E-state index in [1.165, 1.54) is 36.3 Å². The van der Waals surface area contributed by atoms with Gasteiger partial charge in [0.05, 0.1) is 10.6 Å². The molecule has 1 aliphatic rings. The molecule has 2 aromatic rings. The van der Waals surface area contributed by atoms with Crippen LogP contribution in [0.5, 0.6) is 0 Å². The van der Waals surface area contributed by atoms with Crippen LogP contribution in [0, 0.1) is 16.0 Å². The molecule has 0 aliphatic carbocycles. The van der Waals surface area contributed by atoms with Gasteiger partial charge in [-0.05, 0) is 49.5 Å². The molecule has 7 heteroatoms. The number of hydrogen-bond acceptors (Lipinski definition) is 5. The molecular formula is C16H19N3O3S. The summed E-state index contributed by atoms with van der Waals surface area (Å²) in [6.45, 7) is 5.12. The molecule has 0 spiro atoms. The number of nitro groups is 1. The first-order valence-electron chi connectivity index (χ1n) is 7.72. The number of nitro benzene ring substituents is 1. The Kier molecular flexibility index (Phi) is 4.58. The van der Waals surface area contributed by atoms with Crippen molar-refractivity contribution in [1.29, 1.82) is 0 Å². The number of benzene rings is 1. The third-order valence-electron chi connectivity index (χ3n) is 4.33. The van der Waals surface area contributed by atoms with E-state index < -0.39 is 4.92 Å². The Hall–Kier alpha value is -1.99. The monoisotopic (exact) mass is 333 g/mol. The van der Waals surface area contributed by atoms with Crippen LogP contribution in [-0.4, -0.2) is 27.9 Å². The number of piperidine rings is 1. The summed E-state index contributed by atoms with van der Waals surface area (Å²) in [7, 11) is 0. The molecule has 1 saturated heterocycles. The summed E-state index contributed by atoms with van der Waals surface area (Å²) in [6, 6.07) is 6.32. The highest BCUT2D eigenvalue weighted by molar-refractivity contribution is 7.09. The van der Waals surface area contributed by atoms with Gasteiger partial charge in [-0.2, -0.15) is 0 Å². The number of hydrogen-bond donors (Lipinski definition) is 1. The predicted molar refractivity (Wildman–Crippen MR) is 90.7 cm³/mol. The number of nitrogens with zero attached hydrogens (tertiary/aromatic N) is 2. The second-order valence-corrected chi connectivity index (χ2v) is 7.14. The molecule has 0 amide bonds. The van der Waals surface area contributed by atoms with E-state index >= 15 is 0 Å². The quantitative estimate of drug-likeness (QED) is 0.688. The summed E-state index contributed by atoms with van der Waals surface area (Å²) in [4.78, 5) is 28.3. The second-order valence-electron chi connectivity index (χ2n) is 6.08. The first-order chi connectivity index (χ1) is 11.0. The van der Waals surface area contributed by atoms with E-state index in [1.54, 1.807) is 12.1 Å². The number of nitrogens with one attached hydrogen (secondary N) is 1. The van der Waals surface area contributed by atoms with E-state index in [0.717, 1.165) is 41.7 Å². The standard InChI is InChI=1S/C16H19N3O3S/c1-11-6-8-18(9-7-11)10-14-15(17-16(20)23-14)12-2-4-13(5-3-12)19(21)22/h2-5,11H,6-10H2,1H3,(H,17,20). The van der Waals surface area contributed by atoms with Crippen molar-refractivity contribution in [2.45, 2.75) is 26.3 Å². The molecule has 0 atom stereocenters. The maximum Gasteiger partial charge on any atom is 0.305 e. The third kappa shape index (κ3) is 3.68. The van der Waals surface area contributed by atoms with Crippen molar-refractivity contribution in [2.24, 2.45) is 5.92 Å². The zero-order valence-corrected chi connectivity index (χ0v) is 13.8. The van der Waals surface area contributed by atoms with Gasteiger partial charge in [0.15, 0.2) is 0 Å². The van der Waals surface area contributed by atoms with Crippen molar-refractivity contribution >= 4 is 17.0 Å². The lowest BCUT2D eigenvalue weighted by atomic mass is 9.99. The Morgan fingerprint density at radius 3 is 2.57 bits per heavy atom. The summed E-state index contributed by atoms with van der Waals surface area (Å²) in [5, 5.41) is 10.8. The highest BCUT2D eigenvalue weighted by Gasteiger charge is 2.19. The van der Waals surface area contributed by atoms with E-state index in [1.807, 2.05) is 0 Å². The Labute approximate surface area is 137 Å². The van der Waals surface area contributed by atoms with Crippen molar-refractivity contribution in [3.05, 3.63) is 48.9 Å². The zero-order chi connectivity index (χ0) is 16.4. The van der Waals surface area contributed by atoms with Crippen LogP contribution in [-0.2, 0) is 6.54 Å². The van der Waals surface area contributed by atoms with E-state index in [0.29, 0.717) is 0 Å². The Balaban J connectivity index is 1.82. The van der Waals surface area contributed by atoms with Gasteiger partial charge in [-0.3, -0.25) is 19.8 Å². The van der Waals surface area contributed by atoms with Crippen molar-refractivity contribution in [3.63, 3.8) is 0 Å². The third-order valence-corrected chi connectivity index (χ3v) is 5.20. The molecular weight excluding hydrogens is 314 g/mol. The largest absolute Gasteiger partial charge is 0.312 e. The van der Waals surface area contributed by atoms with Crippen molar-refractivity contribution in [3.8, 4) is 11.3 Å². The number of rotatable bonds is 4. The van der Waals surface area contributed by atoms with Crippen molar-refractivity contribution < 1.29 is 4.92 Å². The molecule has 6 nitrogen and oxygen atoms in total. The first-order valence-corrected chi connectivity index (χ1v) is 8.54. The lowest BCUT2D eigenvalue weighted by molar-refractivity contribution is -0.384. The van der Waals surface area contributed by atoms with E-state index in [2.05, 4.69) is 16.8 Å². The molecule has 1 aromatic heterocycles. The van der Waals surface area contributed by atoms with Gasteiger partial charge in [-0.25, -0.2) is 0 Å². The average molecular weight is 333 g/mol. The fourth-order valence-electron chi connectivity index (χ4n) is 2.88. The topological polar surface area (TPSA) is 79.2 Å². The maximum absolute atomic E-state index is 11.8. The second kappa shape index (κ2) is 6.64. The van der Waals surface area contributed by atoms with Crippen LogP contribution >= 0.6 is 11.3 Å². The van der Waals surface area contributed by atoms with Gasteiger partial charge in [0, 0.05) is 23.6 Å². The van der Waals surface area contributed by atoms with Crippen LogP contribution in [0.4, 0.5) is 5.69 Å². The van der Waals surface area contributed by atoms with Crippen LogP contribution in [0.2, 0.25) is 0 Å². The van der Waals surface area contributed by atoms with Gasteiger partial charge in [0.2, 0.25) is 0 Å². The zero-order valence-electron chi connectivity index (χ0n) is 12.9. The van der Waals surface area contributed by atoms with Crippen molar-refractivity contribution in [1.82, 2.24) is 9.88 Å². The molecule has 23 heavy (non-hydrogen) atoms. The van der Waals surface area contributed by atoms with Gasteiger partial charge < -0.3 is 4.98 Å². The maximum atomic E-state index is 11.8. The molecule has 2 heterocycles. The highest BCUT2D eigenvalue weighted by atomic mass is 32.1. The summed E-state index contributed by atoms with van der Waals surface area (Å²) in [6.07, 6.45) is 2.37. The summed E-state index contributed by atoms with van der Waals surface area (Å²) in [5.41, 5.74) is 1.65. The Morgan fingerprint density at radius 2 is 1.96 bits per heavy atom. The fourth-order valence-corrected chi connectivity index (χ4v) is 3.77. The molecule has 1 N–H and O–H groups in total.